The third-order valence-corrected chi connectivity index (χ3v) is 3.68. The first-order valence-electron chi connectivity index (χ1n) is 8.81. The van der Waals surface area contributed by atoms with Crippen LogP contribution >= 0.6 is 0 Å². The van der Waals surface area contributed by atoms with E-state index < -0.39 is 5.60 Å². The van der Waals surface area contributed by atoms with E-state index in [1.807, 2.05) is 51.1 Å². The first-order valence-corrected chi connectivity index (χ1v) is 8.81. The predicted octanol–water partition coefficient (Wildman–Crippen LogP) is 1.79. The van der Waals surface area contributed by atoms with Crippen molar-refractivity contribution in [3.63, 3.8) is 0 Å². The van der Waals surface area contributed by atoms with Gasteiger partial charge in [0, 0.05) is 39.6 Å². The Morgan fingerprint density at radius 2 is 1.92 bits per heavy atom. The number of rotatable bonds is 7. The smallest absolute Gasteiger partial charge is 0.410 e. The molecule has 146 valence electrons. The van der Waals surface area contributed by atoms with Crippen LogP contribution < -0.4 is 10.6 Å². The highest BCUT2D eigenvalue weighted by atomic mass is 16.6. The molecule has 3 N–H and O–H groups in total. The Morgan fingerprint density at radius 3 is 2.46 bits per heavy atom. The van der Waals surface area contributed by atoms with Crippen molar-refractivity contribution in [2.45, 2.75) is 32.3 Å². The van der Waals surface area contributed by atoms with Crippen LogP contribution in [0.2, 0.25) is 0 Å². The number of ether oxygens (including phenoxy) is 1. The lowest BCUT2D eigenvalue weighted by atomic mass is 10.0. The molecule has 0 aliphatic heterocycles. The van der Waals surface area contributed by atoms with Crippen molar-refractivity contribution >= 4 is 12.1 Å². The number of aliphatic hydroxyl groups excluding tert-OH is 1. The number of aliphatic hydroxyl groups is 1. The predicted molar refractivity (Wildman–Crippen MR) is 104 cm³/mol. The lowest BCUT2D eigenvalue weighted by Gasteiger charge is -2.25. The molecule has 1 unspecified atom stereocenters. The van der Waals surface area contributed by atoms with Crippen molar-refractivity contribution in [3.05, 3.63) is 35.9 Å². The van der Waals surface area contributed by atoms with Gasteiger partial charge in [-0.1, -0.05) is 30.3 Å². The lowest BCUT2D eigenvalue weighted by molar-refractivity contribution is 0.0302. The zero-order valence-corrected chi connectivity index (χ0v) is 16.5. The van der Waals surface area contributed by atoms with Crippen LogP contribution in [0.25, 0.3) is 0 Å². The Morgan fingerprint density at radius 1 is 1.27 bits per heavy atom. The third-order valence-electron chi connectivity index (χ3n) is 3.68. The number of likely N-dealkylation sites (N-methyl/N-ethyl adjacent to an activating group) is 1. The lowest BCUT2D eigenvalue weighted by Crippen LogP contribution is -2.44. The highest BCUT2D eigenvalue weighted by Crippen LogP contribution is 2.13. The summed E-state index contributed by atoms with van der Waals surface area (Å²) < 4.78 is 5.31. The zero-order valence-electron chi connectivity index (χ0n) is 16.5. The molecule has 26 heavy (non-hydrogen) atoms. The van der Waals surface area contributed by atoms with Crippen molar-refractivity contribution in [3.8, 4) is 0 Å². The standard InChI is InChI=1S/C19H32N4O3/c1-19(2,3)26-18(25)23(5)12-11-21-17(20-4)22-13-16(14-24)15-9-7-6-8-10-15/h6-10,16,24H,11-14H2,1-5H3,(H2,20,21,22). The minimum Gasteiger partial charge on any atom is -0.444 e. The fourth-order valence-electron chi connectivity index (χ4n) is 2.23. The number of benzene rings is 1. The van der Waals surface area contributed by atoms with Gasteiger partial charge < -0.3 is 25.4 Å². The molecule has 0 aliphatic carbocycles. The molecule has 7 heteroatoms. The van der Waals surface area contributed by atoms with Gasteiger partial charge in [0.1, 0.15) is 5.60 Å². The number of nitrogens with one attached hydrogen (secondary N) is 2. The molecule has 0 bridgehead atoms. The summed E-state index contributed by atoms with van der Waals surface area (Å²) in [6.07, 6.45) is -0.355. The fourth-order valence-corrected chi connectivity index (χ4v) is 2.23. The molecule has 0 aliphatic rings. The third kappa shape index (κ3) is 8.20. The average molecular weight is 364 g/mol. The van der Waals surface area contributed by atoms with Gasteiger partial charge in [-0.05, 0) is 26.3 Å². The van der Waals surface area contributed by atoms with Crippen LogP contribution in [0.5, 0.6) is 0 Å². The summed E-state index contributed by atoms with van der Waals surface area (Å²) >= 11 is 0. The van der Waals surface area contributed by atoms with E-state index in [9.17, 15) is 9.90 Å². The molecule has 7 nitrogen and oxygen atoms in total. The molecule has 0 saturated heterocycles. The molecule has 1 rings (SSSR count). The van der Waals surface area contributed by atoms with Gasteiger partial charge in [0.2, 0.25) is 0 Å². The molecular formula is C19H32N4O3. The van der Waals surface area contributed by atoms with Gasteiger partial charge in [0.05, 0.1) is 6.61 Å². The summed E-state index contributed by atoms with van der Waals surface area (Å²) in [6, 6.07) is 9.85. The Balaban J connectivity index is 2.40. The SMILES string of the molecule is CN=C(NCCN(C)C(=O)OC(C)(C)C)NCC(CO)c1ccccc1. The first-order chi connectivity index (χ1) is 12.3. The van der Waals surface area contributed by atoms with Gasteiger partial charge >= 0.3 is 6.09 Å². The minimum absolute atomic E-state index is 0.0146. The van der Waals surface area contributed by atoms with Gasteiger partial charge in [-0.15, -0.1) is 0 Å². The van der Waals surface area contributed by atoms with Crippen molar-refractivity contribution in [1.82, 2.24) is 15.5 Å². The van der Waals surface area contributed by atoms with E-state index >= 15 is 0 Å². The number of carbonyl (C=O) groups is 1. The van der Waals surface area contributed by atoms with Crippen molar-refractivity contribution < 1.29 is 14.6 Å². The van der Waals surface area contributed by atoms with Crippen LogP contribution in [0.3, 0.4) is 0 Å². The van der Waals surface area contributed by atoms with E-state index in [2.05, 4.69) is 15.6 Å². The fraction of sp³-hybridized carbons (Fsp3) is 0.579. The molecule has 1 aromatic carbocycles. The zero-order chi connectivity index (χ0) is 19.6. The van der Waals surface area contributed by atoms with Crippen molar-refractivity contribution in [1.29, 1.82) is 0 Å². The number of aliphatic imine (C=N–C) groups is 1. The topological polar surface area (TPSA) is 86.2 Å². The van der Waals surface area contributed by atoms with E-state index in [4.69, 9.17) is 4.74 Å². The summed E-state index contributed by atoms with van der Waals surface area (Å²) in [6.45, 7) is 7.15. The van der Waals surface area contributed by atoms with Crippen LogP contribution in [0.4, 0.5) is 4.79 Å². The number of guanidine groups is 1. The maximum Gasteiger partial charge on any atom is 0.410 e. The summed E-state index contributed by atoms with van der Waals surface area (Å²) in [4.78, 5) is 17.6. The van der Waals surface area contributed by atoms with Gasteiger partial charge in [0.15, 0.2) is 5.96 Å². The van der Waals surface area contributed by atoms with Crippen molar-refractivity contribution in [2.24, 2.45) is 4.99 Å². The molecule has 0 heterocycles. The van der Waals surface area contributed by atoms with E-state index in [-0.39, 0.29) is 18.6 Å². The second kappa shape index (κ2) is 10.7. The van der Waals surface area contributed by atoms with Gasteiger partial charge in [-0.25, -0.2) is 4.79 Å². The van der Waals surface area contributed by atoms with E-state index in [0.29, 0.717) is 25.6 Å². The second-order valence-corrected chi connectivity index (χ2v) is 7.07. The van der Waals surface area contributed by atoms with Crippen LogP contribution in [0.15, 0.2) is 35.3 Å². The Labute approximate surface area is 156 Å². The van der Waals surface area contributed by atoms with Crippen LogP contribution in [-0.4, -0.2) is 68.0 Å². The molecule has 0 radical (unpaired) electrons. The van der Waals surface area contributed by atoms with E-state index in [1.54, 1.807) is 14.1 Å². The summed E-state index contributed by atoms with van der Waals surface area (Å²) in [5.74, 6) is 0.608. The molecule has 0 saturated carbocycles. The highest BCUT2D eigenvalue weighted by Gasteiger charge is 2.19. The van der Waals surface area contributed by atoms with Crippen molar-refractivity contribution in [2.75, 3.05) is 40.3 Å². The quantitative estimate of drug-likeness (QED) is 0.507. The Hall–Kier alpha value is -2.28. The maximum atomic E-state index is 11.9. The summed E-state index contributed by atoms with van der Waals surface area (Å²) in [5.41, 5.74) is 0.565. The molecule has 0 spiro atoms. The molecular weight excluding hydrogens is 332 g/mol. The summed E-state index contributed by atoms with van der Waals surface area (Å²) in [7, 11) is 3.38. The number of amides is 1. The molecule has 1 amide bonds. The Kier molecular flexibility index (Phi) is 8.92. The van der Waals surface area contributed by atoms with Gasteiger partial charge in [-0.3, -0.25) is 4.99 Å². The number of nitrogens with zero attached hydrogens (tertiary/aromatic N) is 2. The molecule has 0 fully saturated rings. The normalized spacial score (nSPS) is 13.1. The first kappa shape index (κ1) is 21.8. The number of hydrogen-bond acceptors (Lipinski definition) is 4. The van der Waals surface area contributed by atoms with Crippen LogP contribution in [0.1, 0.15) is 32.3 Å². The average Bonchev–Trinajstić information content (AvgIpc) is 2.59. The molecule has 0 aromatic heterocycles. The largest absolute Gasteiger partial charge is 0.444 e. The monoisotopic (exact) mass is 364 g/mol. The number of hydrogen-bond donors (Lipinski definition) is 3. The number of carbonyl (C=O) groups excluding carboxylic acids is 1. The summed E-state index contributed by atoms with van der Waals surface area (Å²) in [5, 5.41) is 16.0. The van der Waals surface area contributed by atoms with Gasteiger partial charge in [0.25, 0.3) is 0 Å². The van der Waals surface area contributed by atoms with E-state index in [0.717, 1.165) is 5.56 Å². The Bertz CT molecular complexity index is 570. The second-order valence-electron chi connectivity index (χ2n) is 7.07. The maximum absolute atomic E-state index is 11.9. The van der Waals surface area contributed by atoms with E-state index in [1.165, 1.54) is 4.90 Å². The van der Waals surface area contributed by atoms with Crippen LogP contribution in [-0.2, 0) is 4.74 Å². The van der Waals surface area contributed by atoms with Crippen LogP contribution in [0, 0.1) is 0 Å². The van der Waals surface area contributed by atoms with Gasteiger partial charge in [-0.2, -0.15) is 0 Å². The molecule has 1 aromatic rings. The highest BCUT2D eigenvalue weighted by molar-refractivity contribution is 5.79. The molecule has 1 atom stereocenters. The minimum atomic E-state index is -0.507.